The van der Waals surface area contributed by atoms with Gasteiger partial charge in [-0.2, -0.15) is 0 Å². The molecular formula is C16H12O4S3. The number of carboxylic acids is 1. The molecule has 3 rings (SSSR count). The van der Waals surface area contributed by atoms with Gasteiger partial charge in [-0.1, -0.05) is 30.3 Å². The van der Waals surface area contributed by atoms with Gasteiger partial charge in [0.05, 0.1) is 14.7 Å². The first-order chi connectivity index (χ1) is 10.9. The Hall–Kier alpha value is -1.83. The normalized spacial score (nSPS) is 11.7. The van der Waals surface area contributed by atoms with Crippen molar-refractivity contribution in [3.63, 3.8) is 0 Å². The first-order valence-electron chi connectivity index (χ1n) is 6.58. The van der Waals surface area contributed by atoms with Gasteiger partial charge in [-0.3, -0.25) is 0 Å². The lowest BCUT2D eigenvalue weighted by molar-refractivity contribution is 0.0698. The van der Waals surface area contributed by atoms with E-state index in [1.54, 1.807) is 24.5 Å². The molecule has 0 spiro atoms. The van der Waals surface area contributed by atoms with E-state index in [2.05, 4.69) is 0 Å². The van der Waals surface area contributed by atoms with Crippen LogP contribution in [0.15, 0.2) is 62.5 Å². The van der Waals surface area contributed by atoms with E-state index < -0.39 is 15.8 Å². The van der Waals surface area contributed by atoms with Gasteiger partial charge in [-0.15, -0.1) is 23.1 Å². The van der Waals surface area contributed by atoms with Gasteiger partial charge in [0, 0.05) is 5.38 Å². The first-order valence-corrected chi connectivity index (χ1v) is 10.2. The highest BCUT2D eigenvalue weighted by molar-refractivity contribution is 8.00. The summed E-state index contributed by atoms with van der Waals surface area (Å²) < 4.78 is 25.8. The second kappa shape index (κ2) is 5.99. The highest BCUT2D eigenvalue weighted by Crippen LogP contribution is 2.37. The predicted molar refractivity (Wildman–Crippen MR) is 92.5 cm³/mol. The third-order valence-electron chi connectivity index (χ3n) is 3.43. The van der Waals surface area contributed by atoms with Crippen molar-refractivity contribution in [1.82, 2.24) is 0 Å². The molecule has 3 aromatic rings. The molecule has 0 radical (unpaired) electrons. The van der Waals surface area contributed by atoms with E-state index in [1.807, 2.05) is 24.3 Å². The van der Waals surface area contributed by atoms with Crippen LogP contribution in [0.4, 0.5) is 0 Å². The Balaban J connectivity index is 2.19. The molecule has 0 aliphatic rings. The van der Waals surface area contributed by atoms with Crippen LogP contribution in [-0.4, -0.2) is 25.7 Å². The number of carbonyl (C=O) groups is 1. The lowest BCUT2D eigenvalue weighted by atomic mass is 10.1. The quantitative estimate of drug-likeness (QED) is 0.704. The number of rotatable bonds is 4. The minimum atomic E-state index is -3.76. The zero-order chi connectivity index (χ0) is 16.6. The lowest BCUT2D eigenvalue weighted by Gasteiger charge is -2.07. The Morgan fingerprint density at radius 1 is 1.13 bits per heavy atom. The summed E-state index contributed by atoms with van der Waals surface area (Å²) in [6.45, 7) is 0. The maximum absolute atomic E-state index is 12.9. The van der Waals surface area contributed by atoms with Gasteiger partial charge in [-0.25, -0.2) is 13.2 Å². The van der Waals surface area contributed by atoms with Crippen LogP contribution in [-0.2, 0) is 9.84 Å². The molecule has 0 saturated heterocycles. The third-order valence-corrected chi connectivity index (χ3v) is 7.42. The van der Waals surface area contributed by atoms with Gasteiger partial charge < -0.3 is 5.11 Å². The standard InChI is InChI=1S/C16H12O4S3/c1-21-14-13(9-22-15(14)16(17)18)23(19,20)12-7-6-10-4-2-3-5-11(10)8-12/h2-9H,1H3,(H,17,18). The summed E-state index contributed by atoms with van der Waals surface area (Å²) in [5, 5.41) is 12.4. The fourth-order valence-electron chi connectivity index (χ4n) is 2.32. The second-order valence-electron chi connectivity index (χ2n) is 4.78. The molecule has 0 saturated carbocycles. The van der Waals surface area contributed by atoms with Crippen molar-refractivity contribution < 1.29 is 18.3 Å². The average molecular weight is 364 g/mol. The molecule has 0 bridgehead atoms. The van der Waals surface area contributed by atoms with E-state index in [9.17, 15) is 18.3 Å². The Kier molecular flexibility index (Phi) is 4.18. The van der Waals surface area contributed by atoms with Crippen LogP contribution in [0.5, 0.6) is 0 Å². The van der Waals surface area contributed by atoms with Crippen molar-refractivity contribution in [2.45, 2.75) is 14.7 Å². The van der Waals surface area contributed by atoms with Crippen molar-refractivity contribution in [1.29, 1.82) is 0 Å². The molecule has 1 aromatic heterocycles. The molecule has 23 heavy (non-hydrogen) atoms. The van der Waals surface area contributed by atoms with Gasteiger partial charge in [0.25, 0.3) is 0 Å². The van der Waals surface area contributed by atoms with Crippen LogP contribution in [0.1, 0.15) is 9.67 Å². The van der Waals surface area contributed by atoms with Crippen molar-refractivity contribution in [2.24, 2.45) is 0 Å². The van der Waals surface area contributed by atoms with E-state index in [0.717, 1.165) is 33.9 Å². The fourth-order valence-corrected chi connectivity index (χ4v) is 6.41. The van der Waals surface area contributed by atoms with E-state index in [1.165, 1.54) is 5.38 Å². The van der Waals surface area contributed by atoms with Crippen LogP contribution in [0.25, 0.3) is 10.8 Å². The topological polar surface area (TPSA) is 71.4 Å². The van der Waals surface area contributed by atoms with Gasteiger partial charge in [0.2, 0.25) is 9.84 Å². The molecule has 0 unspecified atom stereocenters. The van der Waals surface area contributed by atoms with E-state index >= 15 is 0 Å². The predicted octanol–water partition coefficient (Wildman–Crippen LogP) is 4.15. The van der Waals surface area contributed by atoms with Gasteiger partial charge in [0.15, 0.2) is 0 Å². The number of thiophene rings is 1. The summed E-state index contributed by atoms with van der Waals surface area (Å²) >= 11 is 2.07. The molecule has 0 atom stereocenters. The average Bonchev–Trinajstić information content (AvgIpc) is 2.99. The Morgan fingerprint density at radius 3 is 2.48 bits per heavy atom. The SMILES string of the molecule is CSc1c(S(=O)(=O)c2ccc3ccccc3c2)csc1C(=O)O. The zero-order valence-electron chi connectivity index (χ0n) is 12.0. The molecule has 4 nitrogen and oxygen atoms in total. The molecule has 7 heteroatoms. The van der Waals surface area contributed by atoms with Crippen molar-refractivity contribution in [3.8, 4) is 0 Å². The van der Waals surface area contributed by atoms with E-state index in [-0.39, 0.29) is 19.6 Å². The van der Waals surface area contributed by atoms with Gasteiger partial charge >= 0.3 is 5.97 Å². The van der Waals surface area contributed by atoms with Crippen LogP contribution in [0.2, 0.25) is 0 Å². The highest BCUT2D eigenvalue weighted by Gasteiger charge is 2.27. The summed E-state index contributed by atoms with van der Waals surface area (Å²) in [5.41, 5.74) is 0. The van der Waals surface area contributed by atoms with E-state index in [0.29, 0.717) is 0 Å². The van der Waals surface area contributed by atoms with Gasteiger partial charge in [0.1, 0.15) is 4.88 Å². The van der Waals surface area contributed by atoms with Crippen LogP contribution in [0, 0.1) is 0 Å². The highest BCUT2D eigenvalue weighted by atomic mass is 32.2. The van der Waals surface area contributed by atoms with E-state index in [4.69, 9.17) is 0 Å². The number of hydrogen-bond donors (Lipinski definition) is 1. The largest absolute Gasteiger partial charge is 0.477 e. The Morgan fingerprint density at radius 2 is 1.83 bits per heavy atom. The summed E-state index contributed by atoms with van der Waals surface area (Å²) in [4.78, 5) is 11.8. The lowest BCUT2D eigenvalue weighted by Crippen LogP contribution is -2.03. The fraction of sp³-hybridized carbons (Fsp3) is 0.0625. The number of hydrogen-bond acceptors (Lipinski definition) is 5. The number of thioether (sulfide) groups is 1. The second-order valence-corrected chi connectivity index (χ2v) is 8.39. The molecule has 0 fully saturated rings. The summed E-state index contributed by atoms with van der Waals surface area (Å²) in [7, 11) is -3.76. The number of fused-ring (bicyclic) bond motifs is 1. The smallest absolute Gasteiger partial charge is 0.347 e. The number of sulfone groups is 1. The number of aromatic carboxylic acids is 1. The monoisotopic (exact) mass is 364 g/mol. The van der Waals surface area contributed by atoms with Gasteiger partial charge in [-0.05, 0) is 29.2 Å². The Labute approximate surface area is 141 Å². The number of benzene rings is 2. The van der Waals surface area contributed by atoms with Crippen molar-refractivity contribution in [2.75, 3.05) is 6.26 Å². The minimum absolute atomic E-state index is 0.0527. The summed E-state index contributed by atoms with van der Waals surface area (Å²) in [6, 6.07) is 12.4. The number of carboxylic acid groups (broad SMARTS) is 1. The molecule has 118 valence electrons. The molecule has 0 amide bonds. The first kappa shape index (κ1) is 16.0. The van der Waals surface area contributed by atoms with Crippen LogP contribution >= 0.6 is 23.1 Å². The van der Waals surface area contributed by atoms with Crippen LogP contribution in [0.3, 0.4) is 0 Å². The molecule has 1 heterocycles. The molecule has 0 aliphatic heterocycles. The molecule has 1 N–H and O–H groups in total. The summed E-state index contributed by atoms with van der Waals surface area (Å²) in [5.74, 6) is -1.11. The maximum Gasteiger partial charge on any atom is 0.347 e. The molecular weight excluding hydrogens is 352 g/mol. The van der Waals surface area contributed by atoms with Crippen molar-refractivity contribution in [3.05, 3.63) is 52.7 Å². The minimum Gasteiger partial charge on any atom is -0.477 e. The third kappa shape index (κ3) is 2.75. The maximum atomic E-state index is 12.9. The zero-order valence-corrected chi connectivity index (χ0v) is 14.5. The molecule has 2 aromatic carbocycles. The van der Waals surface area contributed by atoms with Crippen molar-refractivity contribution >= 4 is 49.7 Å². The van der Waals surface area contributed by atoms with Crippen LogP contribution < -0.4 is 0 Å². The Bertz CT molecular complexity index is 1000. The summed E-state index contributed by atoms with van der Waals surface area (Å²) in [6.07, 6.45) is 1.67. The molecule has 0 aliphatic carbocycles.